The van der Waals surface area contributed by atoms with E-state index in [0.29, 0.717) is 6.10 Å². The summed E-state index contributed by atoms with van der Waals surface area (Å²) in [5.41, 5.74) is 0. The molecule has 1 unspecified atom stereocenters. The van der Waals surface area contributed by atoms with Crippen LogP contribution >= 0.6 is 0 Å². The molecule has 0 saturated heterocycles. The van der Waals surface area contributed by atoms with E-state index in [1.54, 1.807) is 0 Å². The van der Waals surface area contributed by atoms with Gasteiger partial charge < -0.3 is 10.1 Å². The maximum Gasteiger partial charge on any atom is 0.0696 e. The first-order valence-electron chi connectivity index (χ1n) is 6.04. The molecular formula is C12H25NO. The maximum absolute atomic E-state index is 5.83. The average Bonchev–Trinajstić information content (AvgIpc) is 2.94. The minimum Gasteiger partial charge on any atom is -0.377 e. The van der Waals surface area contributed by atoms with Gasteiger partial charge in [-0.15, -0.1) is 0 Å². The van der Waals surface area contributed by atoms with Crippen molar-refractivity contribution in [3.63, 3.8) is 0 Å². The Labute approximate surface area is 88.4 Å². The highest BCUT2D eigenvalue weighted by Gasteiger charge is 2.22. The summed E-state index contributed by atoms with van der Waals surface area (Å²) in [5.74, 6) is 1.62. The summed E-state index contributed by atoms with van der Waals surface area (Å²) in [4.78, 5) is 0. The molecule has 0 amide bonds. The quantitative estimate of drug-likeness (QED) is 0.648. The van der Waals surface area contributed by atoms with Crippen molar-refractivity contribution in [3.8, 4) is 0 Å². The van der Waals surface area contributed by atoms with E-state index in [2.05, 4.69) is 26.1 Å². The molecule has 0 aromatic rings. The van der Waals surface area contributed by atoms with E-state index in [1.807, 2.05) is 0 Å². The minimum atomic E-state index is 0.425. The number of hydrogen-bond acceptors (Lipinski definition) is 2. The van der Waals surface area contributed by atoms with Gasteiger partial charge in [0.05, 0.1) is 6.10 Å². The van der Waals surface area contributed by atoms with E-state index in [9.17, 15) is 0 Å². The van der Waals surface area contributed by atoms with Crippen LogP contribution in [-0.2, 0) is 4.74 Å². The zero-order chi connectivity index (χ0) is 10.4. The van der Waals surface area contributed by atoms with Gasteiger partial charge in [-0.05, 0) is 37.6 Å². The standard InChI is InChI=1S/C12H25NO/c1-4-12(8-13-7-10(2)3)14-9-11-5-6-11/h10-13H,4-9H2,1-3H3. The van der Waals surface area contributed by atoms with Crippen LogP contribution in [0, 0.1) is 11.8 Å². The van der Waals surface area contributed by atoms with Crippen LogP contribution in [0.2, 0.25) is 0 Å². The van der Waals surface area contributed by atoms with E-state index in [-0.39, 0.29) is 0 Å². The molecule has 14 heavy (non-hydrogen) atoms. The molecule has 0 radical (unpaired) electrons. The largest absolute Gasteiger partial charge is 0.377 e. The molecule has 0 heterocycles. The Morgan fingerprint density at radius 1 is 1.29 bits per heavy atom. The monoisotopic (exact) mass is 199 g/mol. The first kappa shape index (κ1) is 12.0. The Kier molecular flexibility index (Phi) is 5.49. The van der Waals surface area contributed by atoms with Crippen molar-refractivity contribution in [1.82, 2.24) is 5.32 Å². The van der Waals surface area contributed by atoms with Crippen LogP contribution in [0.5, 0.6) is 0 Å². The second-order valence-electron chi connectivity index (χ2n) is 4.86. The van der Waals surface area contributed by atoms with Crippen molar-refractivity contribution in [2.45, 2.75) is 46.1 Å². The molecule has 1 aliphatic carbocycles. The van der Waals surface area contributed by atoms with Crippen LogP contribution < -0.4 is 5.32 Å². The van der Waals surface area contributed by atoms with Crippen molar-refractivity contribution in [2.24, 2.45) is 11.8 Å². The van der Waals surface area contributed by atoms with Crippen LogP contribution in [0.15, 0.2) is 0 Å². The summed E-state index contributed by atoms with van der Waals surface area (Å²) in [5, 5.41) is 3.45. The average molecular weight is 199 g/mol. The van der Waals surface area contributed by atoms with Gasteiger partial charge in [-0.3, -0.25) is 0 Å². The van der Waals surface area contributed by atoms with Gasteiger partial charge in [0.15, 0.2) is 0 Å². The van der Waals surface area contributed by atoms with Crippen LogP contribution in [0.25, 0.3) is 0 Å². The normalized spacial score (nSPS) is 18.9. The molecule has 1 atom stereocenters. The molecule has 1 N–H and O–H groups in total. The number of ether oxygens (including phenoxy) is 1. The third kappa shape index (κ3) is 5.61. The van der Waals surface area contributed by atoms with Crippen molar-refractivity contribution in [3.05, 3.63) is 0 Å². The van der Waals surface area contributed by atoms with E-state index in [1.165, 1.54) is 12.8 Å². The molecule has 1 fully saturated rings. The topological polar surface area (TPSA) is 21.3 Å². The van der Waals surface area contributed by atoms with Crippen molar-refractivity contribution in [2.75, 3.05) is 19.7 Å². The summed E-state index contributed by atoms with van der Waals surface area (Å²) >= 11 is 0. The summed E-state index contributed by atoms with van der Waals surface area (Å²) in [7, 11) is 0. The van der Waals surface area contributed by atoms with E-state index in [0.717, 1.165) is 38.0 Å². The smallest absolute Gasteiger partial charge is 0.0696 e. The fourth-order valence-corrected chi connectivity index (χ4v) is 1.41. The molecule has 0 aliphatic heterocycles. The Hall–Kier alpha value is -0.0800. The summed E-state index contributed by atoms with van der Waals surface area (Å²) in [6.45, 7) is 9.78. The second kappa shape index (κ2) is 6.41. The maximum atomic E-state index is 5.83. The summed E-state index contributed by atoms with van der Waals surface area (Å²) in [6, 6.07) is 0. The molecule has 1 rings (SSSR count). The molecular weight excluding hydrogens is 174 g/mol. The van der Waals surface area contributed by atoms with Gasteiger partial charge in [-0.1, -0.05) is 20.8 Å². The van der Waals surface area contributed by atoms with E-state index < -0.39 is 0 Å². The van der Waals surface area contributed by atoms with Gasteiger partial charge in [0.2, 0.25) is 0 Å². The third-order valence-corrected chi connectivity index (χ3v) is 2.64. The lowest BCUT2D eigenvalue weighted by molar-refractivity contribution is 0.0434. The van der Waals surface area contributed by atoms with Gasteiger partial charge in [-0.25, -0.2) is 0 Å². The number of hydrogen-bond donors (Lipinski definition) is 1. The molecule has 84 valence electrons. The molecule has 0 aromatic carbocycles. The zero-order valence-corrected chi connectivity index (χ0v) is 9.88. The first-order chi connectivity index (χ1) is 6.72. The highest BCUT2D eigenvalue weighted by atomic mass is 16.5. The lowest BCUT2D eigenvalue weighted by Crippen LogP contribution is -2.31. The minimum absolute atomic E-state index is 0.425. The molecule has 0 bridgehead atoms. The Balaban J connectivity index is 1.98. The number of rotatable bonds is 8. The van der Waals surface area contributed by atoms with Gasteiger partial charge in [-0.2, -0.15) is 0 Å². The third-order valence-electron chi connectivity index (χ3n) is 2.64. The van der Waals surface area contributed by atoms with Gasteiger partial charge >= 0.3 is 0 Å². The Bertz CT molecular complexity index is 143. The van der Waals surface area contributed by atoms with E-state index >= 15 is 0 Å². The van der Waals surface area contributed by atoms with E-state index in [4.69, 9.17) is 4.74 Å². The van der Waals surface area contributed by atoms with Crippen molar-refractivity contribution in [1.29, 1.82) is 0 Å². The van der Waals surface area contributed by atoms with Gasteiger partial charge in [0, 0.05) is 13.2 Å². The molecule has 0 aromatic heterocycles. The van der Waals surface area contributed by atoms with Crippen LogP contribution in [0.3, 0.4) is 0 Å². The van der Waals surface area contributed by atoms with Crippen molar-refractivity contribution >= 4 is 0 Å². The molecule has 0 spiro atoms. The zero-order valence-electron chi connectivity index (χ0n) is 9.88. The summed E-state index contributed by atoms with van der Waals surface area (Å²) < 4.78 is 5.83. The first-order valence-corrected chi connectivity index (χ1v) is 6.04. The Morgan fingerprint density at radius 3 is 2.50 bits per heavy atom. The lowest BCUT2D eigenvalue weighted by Gasteiger charge is -2.17. The molecule has 1 saturated carbocycles. The lowest BCUT2D eigenvalue weighted by atomic mass is 10.2. The molecule has 2 nitrogen and oxygen atoms in total. The van der Waals surface area contributed by atoms with Crippen LogP contribution in [-0.4, -0.2) is 25.8 Å². The predicted octanol–water partition coefficient (Wildman–Crippen LogP) is 2.44. The summed E-state index contributed by atoms with van der Waals surface area (Å²) in [6.07, 6.45) is 4.32. The highest BCUT2D eigenvalue weighted by molar-refractivity contribution is 4.73. The van der Waals surface area contributed by atoms with Gasteiger partial charge in [0.1, 0.15) is 0 Å². The fourth-order valence-electron chi connectivity index (χ4n) is 1.41. The van der Waals surface area contributed by atoms with Crippen molar-refractivity contribution < 1.29 is 4.74 Å². The van der Waals surface area contributed by atoms with Crippen LogP contribution in [0.1, 0.15) is 40.0 Å². The SMILES string of the molecule is CCC(CNCC(C)C)OCC1CC1. The molecule has 1 aliphatic rings. The highest BCUT2D eigenvalue weighted by Crippen LogP contribution is 2.29. The second-order valence-corrected chi connectivity index (χ2v) is 4.86. The predicted molar refractivity (Wildman–Crippen MR) is 60.5 cm³/mol. The Morgan fingerprint density at radius 2 is 2.00 bits per heavy atom. The molecule has 2 heteroatoms. The van der Waals surface area contributed by atoms with Gasteiger partial charge in [0.25, 0.3) is 0 Å². The van der Waals surface area contributed by atoms with Crippen LogP contribution in [0.4, 0.5) is 0 Å². The fraction of sp³-hybridized carbons (Fsp3) is 1.00. The number of nitrogens with one attached hydrogen (secondary N) is 1.